The minimum absolute atomic E-state index is 0.219. The van der Waals surface area contributed by atoms with E-state index < -0.39 is 5.97 Å². The molecule has 21 heavy (non-hydrogen) atoms. The predicted molar refractivity (Wildman–Crippen MR) is 83.4 cm³/mol. The first kappa shape index (κ1) is 14.6. The van der Waals surface area contributed by atoms with E-state index in [1.54, 1.807) is 0 Å². The molecule has 0 bridgehead atoms. The number of rotatable bonds is 6. The van der Waals surface area contributed by atoms with E-state index in [1.165, 1.54) is 31.2 Å². The first-order valence-electron chi connectivity index (χ1n) is 8.23. The number of hydrogen-bond donors (Lipinski definition) is 1. The quantitative estimate of drug-likeness (QED) is 0.870. The van der Waals surface area contributed by atoms with Gasteiger partial charge >= 0.3 is 5.97 Å². The molecule has 0 aliphatic heterocycles. The van der Waals surface area contributed by atoms with Crippen LogP contribution >= 0.6 is 0 Å². The van der Waals surface area contributed by atoms with E-state index in [1.807, 2.05) is 0 Å². The van der Waals surface area contributed by atoms with Crippen LogP contribution in [-0.2, 0) is 4.79 Å². The Morgan fingerprint density at radius 3 is 2.29 bits per heavy atom. The molecule has 0 amide bonds. The molecule has 3 rings (SSSR count). The van der Waals surface area contributed by atoms with Gasteiger partial charge in [-0.25, -0.2) is 0 Å². The Labute approximate surface area is 127 Å². The minimum atomic E-state index is -0.680. The van der Waals surface area contributed by atoms with Gasteiger partial charge in [0.2, 0.25) is 0 Å². The van der Waals surface area contributed by atoms with E-state index in [0.29, 0.717) is 12.0 Å². The Balaban J connectivity index is 1.56. The summed E-state index contributed by atoms with van der Waals surface area (Å²) in [6.45, 7) is 1.21. The van der Waals surface area contributed by atoms with Gasteiger partial charge in [0, 0.05) is 12.6 Å². The Bertz CT molecular complexity index is 461. The van der Waals surface area contributed by atoms with Crippen LogP contribution < -0.4 is 0 Å². The smallest absolute Gasteiger partial charge is 0.317 e. The van der Waals surface area contributed by atoms with Gasteiger partial charge < -0.3 is 5.11 Å². The molecule has 3 nitrogen and oxygen atoms in total. The lowest BCUT2D eigenvalue weighted by atomic mass is 9.81. The first-order chi connectivity index (χ1) is 10.2. The summed E-state index contributed by atoms with van der Waals surface area (Å²) in [4.78, 5) is 13.3. The van der Waals surface area contributed by atoms with Crippen molar-refractivity contribution in [3.8, 4) is 0 Å². The normalized spacial score (nSPS) is 26.0. The molecule has 2 saturated carbocycles. The number of carboxylic acids is 1. The zero-order valence-electron chi connectivity index (χ0n) is 12.6. The standard InChI is InChI=1S/C18H25NO2/c20-18(21)13-19(12-14-6-7-14)17-10-8-16(9-11-17)15-4-2-1-3-5-15/h1-5,14,16-17H,6-13H2,(H,20,21). The largest absolute Gasteiger partial charge is 0.480 e. The molecule has 1 aromatic rings. The van der Waals surface area contributed by atoms with Crippen LogP contribution in [0, 0.1) is 5.92 Å². The van der Waals surface area contributed by atoms with E-state index in [-0.39, 0.29) is 6.54 Å². The second-order valence-electron chi connectivity index (χ2n) is 6.68. The van der Waals surface area contributed by atoms with Gasteiger partial charge in [0.1, 0.15) is 0 Å². The highest BCUT2D eigenvalue weighted by Crippen LogP contribution is 2.36. The fourth-order valence-electron chi connectivity index (χ4n) is 3.65. The highest BCUT2D eigenvalue weighted by atomic mass is 16.4. The SMILES string of the molecule is O=C(O)CN(CC1CC1)C1CCC(c2ccccc2)CC1. The Hall–Kier alpha value is -1.35. The zero-order valence-corrected chi connectivity index (χ0v) is 12.6. The highest BCUT2D eigenvalue weighted by Gasteiger charge is 2.32. The van der Waals surface area contributed by atoms with Gasteiger partial charge in [0.15, 0.2) is 0 Å². The predicted octanol–water partition coefficient (Wildman–Crippen LogP) is 3.51. The summed E-state index contributed by atoms with van der Waals surface area (Å²) in [5.41, 5.74) is 1.45. The van der Waals surface area contributed by atoms with Crippen molar-refractivity contribution in [3.05, 3.63) is 35.9 Å². The lowest BCUT2D eigenvalue weighted by Crippen LogP contribution is -2.42. The van der Waals surface area contributed by atoms with Crippen LogP contribution in [0.3, 0.4) is 0 Å². The third-order valence-corrected chi connectivity index (χ3v) is 5.01. The van der Waals surface area contributed by atoms with Crippen molar-refractivity contribution in [2.24, 2.45) is 5.92 Å². The van der Waals surface area contributed by atoms with Crippen molar-refractivity contribution in [2.45, 2.75) is 50.5 Å². The Morgan fingerprint density at radius 2 is 1.71 bits per heavy atom. The molecule has 2 aliphatic carbocycles. The van der Waals surface area contributed by atoms with Crippen LogP contribution in [0.25, 0.3) is 0 Å². The van der Waals surface area contributed by atoms with Crippen molar-refractivity contribution in [1.82, 2.24) is 4.90 Å². The number of benzene rings is 1. The second kappa shape index (κ2) is 6.61. The Morgan fingerprint density at radius 1 is 1.05 bits per heavy atom. The molecule has 0 spiro atoms. The van der Waals surface area contributed by atoms with Crippen molar-refractivity contribution in [1.29, 1.82) is 0 Å². The van der Waals surface area contributed by atoms with Crippen LogP contribution in [0.4, 0.5) is 0 Å². The number of carboxylic acid groups (broad SMARTS) is 1. The highest BCUT2D eigenvalue weighted by molar-refractivity contribution is 5.69. The first-order valence-corrected chi connectivity index (χ1v) is 8.23. The molecule has 0 unspecified atom stereocenters. The maximum Gasteiger partial charge on any atom is 0.317 e. The van der Waals surface area contributed by atoms with Gasteiger partial charge in [-0.1, -0.05) is 30.3 Å². The molecule has 2 fully saturated rings. The molecule has 1 N–H and O–H groups in total. The topological polar surface area (TPSA) is 40.5 Å². The van der Waals surface area contributed by atoms with Gasteiger partial charge in [0.25, 0.3) is 0 Å². The van der Waals surface area contributed by atoms with Gasteiger partial charge in [-0.05, 0) is 55.9 Å². The summed E-state index contributed by atoms with van der Waals surface area (Å²) in [6, 6.07) is 11.2. The van der Waals surface area contributed by atoms with Crippen molar-refractivity contribution in [3.63, 3.8) is 0 Å². The van der Waals surface area contributed by atoms with Crippen molar-refractivity contribution < 1.29 is 9.90 Å². The van der Waals surface area contributed by atoms with Gasteiger partial charge in [-0.15, -0.1) is 0 Å². The fourth-order valence-corrected chi connectivity index (χ4v) is 3.65. The molecular weight excluding hydrogens is 262 g/mol. The van der Waals surface area contributed by atoms with E-state index in [2.05, 4.69) is 35.2 Å². The molecule has 2 aliphatic rings. The van der Waals surface area contributed by atoms with Gasteiger partial charge in [-0.2, -0.15) is 0 Å². The third kappa shape index (κ3) is 4.07. The third-order valence-electron chi connectivity index (χ3n) is 5.01. The van der Waals surface area contributed by atoms with Crippen molar-refractivity contribution in [2.75, 3.05) is 13.1 Å². The van der Waals surface area contributed by atoms with Crippen LogP contribution in [0.5, 0.6) is 0 Å². The summed E-state index contributed by atoms with van der Waals surface area (Å²) in [7, 11) is 0. The summed E-state index contributed by atoms with van der Waals surface area (Å²) in [5.74, 6) is 0.743. The molecule has 0 saturated heterocycles. The van der Waals surface area contributed by atoms with Crippen LogP contribution in [0.1, 0.15) is 50.0 Å². The molecule has 0 atom stereocenters. The van der Waals surface area contributed by atoms with E-state index in [0.717, 1.165) is 25.3 Å². The van der Waals surface area contributed by atoms with Gasteiger partial charge in [0.05, 0.1) is 6.54 Å². The van der Waals surface area contributed by atoms with Gasteiger partial charge in [-0.3, -0.25) is 9.69 Å². The van der Waals surface area contributed by atoms with E-state index in [9.17, 15) is 4.79 Å². The summed E-state index contributed by atoms with van der Waals surface area (Å²) in [5, 5.41) is 9.14. The number of nitrogens with zero attached hydrogens (tertiary/aromatic N) is 1. The maximum atomic E-state index is 11.1. The van der Waals surface area contributed by atoms with Crippen molar-refractivity contribution >= 4 is 5.97 Å². The fraction of sp³-hybridized carbons (Fsp3) is 0.611. The number of carbonyl (C=O) groups is 1. The monoisotopic (exact) mass is 287 g/mol. The molecule has 0 radical (unpaired) electrons. The molecular formula is C18H25NO2. The van der Waals surface area contributed by atoms with E-state index >= 15 is 0 Å². The minimum Gasteiger partial charge on any atom is -0.480 e. The average molecular weight is 287 g/mol. The lowest BCUT2D eigenvalue weighted by molar-refractivity contribution is -0.139. The summed E-state index contributed by atoms with van der Waals surface area (Å²) >= 11 is 0. The van der Waals surface area contributed by atoms with Crippen LogP contribution in [0.2, 0.25) is 0 Å². The number of hydrogen-bond acceptors (Lipinski definition) is 2. The Kier molecular flexibility index (Phi) is 4.59. The maximum absolute atomic E-state index is 11.1. The molecule has 114 valence electrons. The molecule has 3 heteroatoms. The molecule has 1 aromatic carbocycles. The summed E-state index contributed by atoms with van der Waals surface area (Å²) in [6.07, 6.45) is 7.23. The summed E-state index contributed by atoms with van der Waals surface area (Å²) < 4.78 is 0. The molecule has 0 aromatic heterocycles. The lowest BCUT2D eigenvalue weighted by Gasteiger charge is -2.36. The average Bonchev–Trinajstić information content (AvgIpc) is 3.31. The zero-order chi connectivity index (χ0) is 14.7. The van der Waals surface area contributed by atoms with E-state index in [4.69, 9.17) is 5.11 Å². The van der Waals surface area contributed by atoms with Crippen LogP contribution in [0.15, 0.2) is 30.3 Å². The second-order valence-corrected chi connectivity index (χ2v) is 6.68. The molecule has 0 heterocycles. The van der Waals surface area contributed by atoms with Crippen LogP contribution in [-0.4, -0.2) is 35.1 Å². The number of aliphatic carboxylic acids is 1.